The molecular formula is C15H22N4OS. The van der Waals surface area contributed by atoms with Gasteiger partial charge in [0.15, 0.2) is 0 Å². The highest BCUT2D eigenvalue weighted by atomic mass is 32.1. The van der Waals surface area contributed by atoms with Gasteiger partial charge >= 0.3 is 0 Å². The maximum atomic E-state index is 9.70. The monoisotopic (exact) mass is 306 g/mol. The number of thiophene rings is 1. The standard InChI is InChI=1S/C15H22N4OS/c1-3-16-14-12-5-7-21-15(12)18-13(17-14)9-19-6-4-11(8-19)10(2)20/h5,7,10-11,20H,3-4,6,8-9H2,1-2H3,(H,16,17,18). The van der Waals surface area contributed by atoms with E-state index < -0.39 is 0 Å². The zero-order valence-corrected chi connectivity index (χ0v) is 13.4. The van der Waals surface area contributed by atoms with Crippen LogP contribution in [0.2, 0.25) is 0 Å². The zero-order chi connectivity index (χ0) is 14.8. The largest absolute Gasteiger partial charge is 0.393 e. The Hall–Kier alpha value is -1.24. The quantitative estimate of drug-likeness (QED) is 0.888. The molecule has 3 heterocycles. The Labute approximate surface area is 129 Å². The topological polar surface area (TPSA) is 61.3 Å². The predicted molar refractivity (Wildman–Crippen MR) is 86.6 cm³/mol. The molecule has 1 aliphatic rings. The number of aromatic nitrogens is 2. The predicted octanol–water partition coefficient (Wildman–Crippen LogP) is 2.33. The number of anilines is 1. The number of fused-ring (bicyclic) bond motifs is 1. The lowest BCUT2D eigenvalue weighted by molar-refractivity contribution is 0.127. The van der Waals surface area contributed by atoms with Gasteiger partial charge in [0.25, 0.3) is 0 Å². The molecular weight excluding hydrogens is 284 g/mol. The molecule has 114 valence electrons. The fourth-order valence-corrected chi connectivity index (χ4v) is 3.66. The van der Waals surface area contributed by atoms with E-state index in [-0.39, 0.29) is 6.10 Å². The normalized spacial score (nSPS) is 21.0. The van der Waals surface area contributed by atoms with E-state index in [1.807, 2.05) is 6.92 Å². The summed E-state index contributed by atoms with van der Waals surface area (Å²) in [6.07, 6.45) is 0.826. The molecule has 1 saturated heterocycles. The van der Waals surface area contributed by atoms with Crippen LogP contribution >= 0.6 is 11.3 Å². The van der Waals surface area contributed by atoms with Gasteiger partial charge in [-0.1, -0.05) is 0 Å². The molecule has 2 aromatic heterocycles. The minimum absolute atomic E-state index is 0.229. The molecule has 0 spiro atoms. The summed E-state index contributed by atoms with van der Waals surface area (Å²) in [6, 6.07) is 2.07. The van der Waals surface area contributed by atoms with Crippen molar-refractivity contribution in [3.63, 3.8) is 0 Å². The third-order valence-electron chi connectivity index (χ3n) is 4.07. The van der Waals surface area contributed by atoms with E-state index in [2.05, 4.69) is 38.6 Å². The second-order valence-electron chi connectivity index (χ2n) is 5.68. The van der Waals surface area contributed by atoms with Crippen molar-refractivity contribution in [2.75, 3.05) is 25.0 Å². The molecule has 1 aliphatic heterocycles. The van der Waals surface area contributed by atoms with Gasteiger partial charge in [0.05, 0.1) is 18.0 Å². The van der Waals surface area contributed by atoms with Crippen LogP contribution in [0.3, 0.4) is 0 Å². The fraction of sp³-hybridized carbons (Fsp3) is 0.600. The van der Waals surface area contributed by atoms with Gasteiger partial charge in [-0.05, 0) is 44.2 Å². The molecule has 1 fully saturated rings. The molecule has 0 radical (unpaired) electrons. The van der Waals surface area contributed by atoms with Gasteiger partial charge in [-0.2, -0.15) is 0 Å². The molecule has 0 aromatic carbocycles. The summed E-state index contributed by atoms with van der Waals surface area (Å²) in [4.78, 5) is 12.7. The summed E-state index contributed by atoms with van der Waals surface area (Å²) in [6.45, 7) is 7.52. The Kier molecular flexibility index (Phi) is 4.37. The molecule has 2 atom stereocenters. The summed E-state index contributed by atoms with van der Waals surface area (Å²) >= 11 is 1.66. The summed E-state index contributed by atoms with van der Waals surface area (Å²) < 4.78 is 0. The molecule has 21 heavy (non-hydrogen) atoms. The first kappa shape index (κ1) is 14.7. The molecule has 0 saturated carbocycles. The highest BCUT2D eigenvalue weighted by Crippen LogP contribution is 2.26. The molecule has 3 rings (SSSR count). The number of nitrogens with one attached hydrogen (secondary N) is 1. The van der Waals surface area contributed by atoms with Gasteiger partial charge in [0.1, 0.15) is 16.5 Å². The smallest absolute Gasteiger partial charge is 0.146 e. The first-order valence-electron chi connectivity index (χ1n) is 7.55. The van der Waals surface area contributed by atoms with E-state index in [4.69, 9.17) is 0 Å². The first-order chi connectivity index (χ1) is 10.2. The van der Waals surface area contributed by atoms with Gasteiger partial charge < -0.3 is 10.4 Å². The van der Waals surface area contributed by atoms with E-state index >= 15 is 0 Å². The van der Waals surface area contributed by atoms with Crippen LogP contribution < -0.4 is 5.32 Å². The van der Waals surface area contributed by atoms with Crippen LogP contribution in [0.5, 0.6) is 0 Å². The maximum Gasteiger partial charge on any atom is 0.146 e. The second-order valence-corrected chi connectivity index (χ2v) is 6.58. The number of aliphatic hydroxyl groups is 1. The number of rotatable bonds is 5. The number of likely N-dealkylation sites (tertiary alicyclic amines) is 1. The van der Waals surface area contributed by atoms with Gasteiger partial charge in [0.2, 0.25) is 0 Å². The lowest BCUT2D eigenvalue weighted by Gasteiger charge is -2.17. The number of hydrogen-bond donors (Lipinski definition) is 2. The van der Waals surface area contributed by atoms with E-state index in [9.17, 15) is 5.11 Å². The van der Waals surface area contributed by atoms with Gasteiger partial charge in [-0.15, -0.1) is 11.3 Å². The summed E-state index contributed by atoms with van der Waals surface area (Å²) in [7, 11) is 0. The highest BCUT2D eigenvalue weighted by Gasteiger charge is 2.26. The SMILES string of the molecule is CCNc1nc(CN2CCC(C(C)O)C2)nc2sccc12. The number of aliphatic hydroxyl groups excluding tert-OH is 1. The summed E-state index contributed by atoms with van der Waals surface area (Å²) in [5, 5.41) is 16.2. The fourth-order valence-electron chi connectivity index (χ4n) is 2.87. The highest BCUT2D eigenvalue weighted by molar-refractivity contribution is 7.16. The van der Waals surface area contributed by atoms with Gasteiger partial charge in [-0.3, -0.25) is 4.90 Å². The first-order valence-corrected chi connectivity index (χ1v) is 8.43. The van der Waals surface area contributed by atoms with Crippen LogP contribution in [0.15, 0.2) is 11.4 Å². The minimum Gasteiger partial charge on any atom is -0.393 e. The van der Waals surface area contributed by atoms with E-state index in [1.54, 1.807) is 11.3 Å². The van der Waals surface area contributed by atoms with E-state index in [0.717, 1.165) is 54.5 Å². The summed E-state index contributed by atoms with van der Waals surface area (Å²) in [5.41, 5.74) is 0. The van der Waals surface area contributed by atoms with Crippen LogP contribution in [0.4, 0.5) is 5.82 Å². The van der Waals surface area contributed by atoms with Crippen molar-refractivity contribution in [1.82, 2.24) is 14.9 Å². The Morgan fingerprint density at radius 3 is 3.10 bits per heavy atom. The van der Waals surface area contributed by atoms with Crippen molar-refractivity contribution in [3.05, 3.63) is 17.3 Å². The van der Waals surface area contributed by atoms with Crippen molar-refractivity contribution in [1.29, 1.82) is 0 Å². The van der Waals surface area contributed by atoms with E-state index in [0.29, 0.717) is 5.92 Å². The molecule has 2 unspecified atom stereocenters. The lowest BCUT2D eigenvalue weighted by atomic mass is 10.0. The Morgan fingerprint density at radius 1 is 1.52 bits per heavy atom. The Balaban J connectivity index is 1.78. The third kappa shape index (κ3) is 3.17. The molecule has 5 nitrogen and oxygen atoms in total. The number of hydrogen-bond acceptors (Lipinski definition) is 6. The van der Waals surface area contributed by atoms with Gasteiger partial charge in [-0.25, -0.2) is 9.97 Å². The molecule has 0 bridgehead atoms. The third-order valence-corrected chi connectivity index (χ3v) is 4.88. The summed E-state index contributed by atoms with van der Waals surface area (Å²) in [5.74, 6) is 2.18. The number of nitrogens with zero attached hydrogens (tertiary/aromatic N) is 3. The van der Waals surface area contributed by atoms with Gasteiger partial charge in [0, 0.05) is 13.1 Å². The minimum atomic E-state index is -0.229. The maximum absolute atomic E-state index is 9.70. The van der Waals surface area contributed by atoms with Crippen LogP contribution in [-0.4, -0.2) is 45.7 Å². The second kappa shape index (κ2) is 6.25. The van der Waals surface area contributed by atoms with Crippen LogP contribution in [0.1, 0.15) is 26.1 Å². The molecule has 0 amide bonds. The average molecular weight is 306 g/mol. The molecule has 6 heteroatoms. The Bertz CT molecular complexity index is 613. The molecule has 2 N–H and O–H groups in total. The lowest BCUT2D eigenvalue weighted by Crippen LogP contribution is -2.25. The van der Waals surface area contributed by atoms with Crippen molar-refractivity contribution >= 4 is 27.4 Å². The van der Waals surface area contributed by atoms with E-state index in [1.165, 1.54) is 0 Å². The van der Waals surface area contributed by atoms with Crippen LogP contribution in [0.25, 0.3) is 10.2 Å². The average Bonchev–Trinajstić information content (AvgIpc) is 3.08. The van der Waals surface area contributed by atoms with Crippen LogP contribution in [-0.2, 0) is 6.54 Å². The van der Waals surface area contributed by atoms with Crippen molar-refractivity contribution in [2.24, 2.45) is 5.92 Å². The zero-order valence-electron chi connectivity index (χ0n) is 12.5. The van der Waals surface area contributed by atoms with Crippen molar-refractivity contribution in [3.8, 4) is 0 Å². The Morgan fingerprint density at radius 2 is 2.38 bits per heavy atom. The van der Waals surface area contributed by atoms with Crippen LogP contribution in [0, 0.1) is 5.92 Å². The molecule has 2 aromatic rings. The molecule has 0 aliphatic carbocycles. The van der Waals surface area contributed by atoms with Crippen molar-refractivity contribution in [2.45, 2.75) is 32.9 Å². The van der Waals surface area contributed by atoms with Crippen molar-refractivity contribution < 1.29 is 5.11 Å².